The second-order valence-electron chi connectivity index (χ2n) is 8.85. The molecular formula is C24H23N7O7. The van der Waals surface area contributed by atoms with E-state index in [1.54, 1.807) is 34.6 Å². The van der Waals surface area contributed by atoms with E-state index in [2.05, 4.69) is 35.9 Å². The van der Waals surface area contributed by atoms with Crippen LogP contribution in [0.1, 0.15) is 64.2 Å². The molecule has 1 atom stereocenters. The molecule has 2 amide bonds. The van der Waals surface area contributed by atoms with Crippen LogP contribution in [0.4, 0.5) is 0 Å². The van der Waals surface area contributed by atoms with Crippen LogP contribution in [-0.4, -0.2) is 31.8 Å². The van der Waals surface area contributed by atoms with Crippen LogP contribution in [-0.2, 0) is 22.6 Å². The van der Waals surface area contributed by atoms with Crippen LogP contribution in [0.3, 0.4) is 0 Å². The monoisotopic (exact) mass is 521 g/mol. The van der Waals surface area contributed by atoms with Gasteiger partial charge in [0.15, 0.2) is 17.1 Å². The van der Waals surface area contributed by atoms with Crippen LogP contribution in [0, 0.1) is 27.7 Å². The second kappa shape index (κ2) is 8.61. The van der Waals surface area contributed by atoms with Gasteiger partial charge in [-0.05, 0) is 34.6 Å². The molecule has 0 spiro atoms. The van der Waals surface area contributed by atoms with Crippen molar-refractivity contribution >= 4 is 11.8 Å². The highest BCUT2D eigenvalue weighted by atomic mass is 16.5. The lowest BCUT2D eigenvalue weighted by Gasteiger charge is -2.10. The fourth-order valence-corrected chi connectivity index (χ4v) is 4.24. The minimum Gasteiger partial charge on any atom is -0.467 e. The first-order chi connectivity index (χ1) is 18.2. The number of amides is 2. The number of hydrogen-bond donors (Lipinski definition) is 3. The maximum Gasteiger partial charge on any atom is 0.273 e. The van der Waals surface area contributed by atoms with Crippen molar-refractivity contribution in [3.05, 3.63) is 57.7 Å². The average Bonchev–Trinajstić information content (AvgIpc) is 3.67. The van der Waals surface area contributed by atoms with Gasteiger partial charge in [0.25, 0.3) is 11.8 Å². The smallest absolute Gasteiger partial charge is 0.273 e. The summed E-state index contributed by atoms with van der Waals surface area (Å²) in [5.74, 6) is 1.96. The zero-order valence-electron chi connectivity index (χ0n) is 21.1. The molecule has 4 aromatic heterocycles. The van der Waals surface area contributed by atoms with E-state index < -0.39 is 18.0 Å². The molecule has 14 heteroatoms. The van der Waals surface area contributed by atoms with Crippen molar-refractivity contribution in [3.63, 3.8) is 0 Å². The number of fused-ring (bicyclic) bond motifs is 13. The number of ether oxygens (including phenoxy) is 1. The van der Waals surface area contributed by atoms with Gasteiger partial charge in [0.1, 0.15) is 40.2 Å². The predicted molar refractivity (Wildman–Crippen MR) is 126 cm³/mol. The Labute approximate surface area is 214 Å². The number of aromatic nitrogens is 4. The lowest BCUT2D eigenvalue weighted by Crippen LogP contribution is -2.31. The number of nitrogens with one attached hydrogen (secondary N) is 3. The number of aryl methyl sites for hydroxylation is 4. The zero-order valence-corrected chi connectivity index (χ0v) is 21.1. The van der Waals surface area contributed by atoms with Crippen molar-refractivity contribution in [2.24, 2.45) is 0 Å². The van der Waals surface area contributed by atoms with Gasteiger partial charge >= 0.3 is 0 Å². The summed E-state index contributed by atoms with van der Waals surface area (Å²) >= 11 is 0. The maximum atomic E-state index is 12.9. The molecule has 4 aromatic rings. The van der Waals surface area contributed by atoms with E-state index in [0.717, 1.165) is 0 Å². The summed E-state index contributed by atoms with van der Waals surface area (Å²) in [7, 11) is 0. The fourth-order valence-electron chi connectivity index (χ4n) is 4.24. The van der Waals surface area contributed by atoms with Crippen molar-refractivity contribution in [1.82, 2.24) is 35.9 Å². The Morgan fingerprint density at radius 3 is 1.87 bits per heavy atom. The largest absolute Gasteiger partial charge is 0.467 e. The van der Waals surface area contributed by atoms with E-state index in [-0.39, 0.29) is 48.0 Å². The Morgan fingerprint density at radius 1 is 0.658 bits per heavy atom. The molecule has 10 bridgehead atoms. The lowest BCUT2D eigenvalue weighted by molar-refractivity contribution is -0.118. The molecular weight excluding hydrogens is 498 g/mol. The SMILES string of the molecule is CC1=C2NC(O1)c1nc(oc1C)-c1nc(oc1C)CNC(=O)c1nc(oc1C)-c1nc(oc1C)CNC2=O. The van der Waals surface area contributed by atoms with Crippen molar-refractivity contribution in [2.75, 3.05) is 0 Å². The molecule has 0 radical (unpaired) electrons. The standard InChI is InChI=1S/C24H23N7O7/c1-8-15-20(32)25-7-14-28-18(11(4)35-14)23-31-19(12(5)38-23)24-30-16(9(2)37-24)21(33)26-6-13-27-17(10(3)34-13)22(29-15)36-8/h24,30H,6-7H2,1-5H3,(H,25,32)(H,26,33). The molecule has 14 nitrogen and oxygen atoms in total. The van der Waals surface area contributed by atoms with Crippen molar-refractivity contribution < 1.29 is 32.0 Å². The summed E-state index contributed by atoms with van der Waals surface area (Å²) in [6.07, 6.45) is -0.744. The van der Waals surface area contributed by atoms with Gasteiger partial charge in [0.2, 0.25) is 29.8 Å². The second-order valence-corrected chi connectivity index (χ2v) is 8.85. The molecule has 0 fully saturated rings. The molecule has 6 heterocycles. The predicted octanol–water partition coefficient (Wildman–Crippen LogP) is 2.62. The van der Waals surface area contributed by atoms with Gasteiger partial charge in [0, 0.05) is 0 Å². The molecule has 1 unspecified atom stereocenters. The molecule has 2 aliphatic rings. The van der Waals surface area contributed by atoms with Crippen LogP contribution in [0.2, 0.25) is 0 Å². The minimum atomic E-state index is -0.744. The lowest BCUT2D eigenvalue weighted by atomic mass is 10.3. The first-order valence-corrected chi connectivity index (χ1v) is 11.8. The van der Waals surface area contributed by atoms with Crippen molar-refractivity contribution in [3.8, 4) is 23.2 Å². The topological polar surface area (TPSA) is 184 Å². The highest BCUT2D eigenvalue weighted by molar-refractivity contribution is 5.94. The zero-order chi connectivity index (χ0) is 26.7. The molecule has 0 aromatic carbocycles. The summed E-state index contributed by atoms with van der Waals surface area (Å²) in [5.41, 5.74) is 1.49. The van der Waals surface area contributed by atoms with Crippen LogP contribution < -0.4 is 16.0 Å². The Hall–Kier alpha value is -4.88. The number of rotatable bonds is 0. The van der Waals surface area contributed by atoms with Gasteiger partial charge in [0.05, 0.1) is 13.1 Å². The highest BCUT2D eigenvalue weighted by Gasteiger charge is 2.33. The first kappa shape index (κ1) is 23.5. The average molecular weight is 521 g/mol. The number of carbonyl (C=O) groups excluding carboxylic acids is 2. The molecule has 0 aliphatic carbocycles. The van der Waals surface area contributed by atoms with Crippen molar-refractivity contribution in [2.45, 2.75) is 53.9 Å². The molecule has 3 N–H and O–H groups in total. The molecule has 0 saturated carbocycles. The Kier molecular flexibility index (Phi) is 5.33. The minimum absolute atomic E-state index is 0.00345. The molecule has 0 saturated heterocycles. The van der Waals surface area contributed by atoms with E-state index in [9.17, 15) is 9.59 Å². The molecule has 38 heavy (non-hydrogen) atoms. The normalized spacial score (nSPS) is 17.4. The number of carbonyl (C=O) groups is 2. The van der Waals surface area contributed by atoms with Crippen LogP contribution in [0.5, 0.6) is 0 Å². The van der Waals surface area contributed by atoms with Gasteiger partial charge in [-0.2, -0.15) is 0 Å². The number of nitrogens with zero attached hydrogens (tertiary/aromatic N) is 4. The van der Waals surface area contributed by atoms with Crippen LogP contribution in [0.15, 0.2) is 29.1 Å². The van der Waals surface area contributed by atoms with E-state index >= 15 is 0 Å². The third kappa shape index (κ3) is 3.90. The number of allylic oxidation sites excluding steroid dienone is 1. The number of hydrogen-bond acceptors (Lipinski definition) is 12. The van der Waals surface area contributed by atoms with Gasteiger partial charge < -0.3 is 38.4 Å². The van der Waals surface area contributed by atoms with Gasteiger partial charge in [-0.15, -0.1) is 0 Å². The van der Waals surface area contributed by atoms with Gasteiger partial charge in [-0.1, -0.05) is 0 Å². The highest BCUT2D eigenvalue weighted by Crippen LogP contribution is 2.32. The number of oxazole rings is 4. The molecule has 6 rings (SSSR count). The molecule has 196 valence electrons. The van der Waals surface area contributed by atoms with E-state index in [0.29, 0.717) is 45.9 Å². The summed E-state index contributed by atoms with van der Waals surface area (Å²) in [5, 5.41) is 8.54. The summed E-state index contributed by atoms with van der Waals surface area (Å²) in [6.45, 7) is 8.42. The Morgan fingerprint density at radius 2 is 1.21 bits per heavy atom. The van der Waals surface area contributed by atoms with E-state index in [1.165, 1.54) is 0 Å². The third-order valence-corrected chi connectivity index (χ3v) is 6.13. The van der Waals surface area contributed by atoms with Crippen LogP contribution >= 0.6 is 0 Å². The maximum absolute atomic E-state index is 12.9. The fraction of sp³-hybridized carbons (Fsp3) is 0.333. The summed E-state index contributed by atoms with van der Waals surface area (Å²) < 4.78 is 28.8. The molecule has 2 aliphatic heterocycles. The van der Waals surface area contributed by atoms with Gasteiger partial charge in [-0.25, -0.2) is 19.9 Å². The quantitative estimate of drug-likeness (QED) is 0.308. The van der Waals surface area contributed by atoms with Crippen molar-refractivity contribution in [1.29, 1.82) is 0 Å². The summed E-state index contributed by atoms with van der Waals surface area (Å²) in [4.78, 5) is 43.5. The van der Waals surface area contributed by atoms with Crippen LogP contribution in [0.25, 0.3) is 23.2 Å². The van der Waals surface area contributed by atoms with E-state index in [4.69, 9.17) is 22.4 Å². The van der Waals surface area contributed by atoms with E-state index in [1.807, 2.05) is 0 Å². The third-order valence-electron chi connectivity index (χ3n) is 6.13. The van der Waals surface area contributed by atoms with Gasteiger partial charge in [-0.3, -0.25) is 9.59 Å². The Bertz CT molecular complexity index is 1640. The summed E-state index contributed by atoms with van der Waals surface area (Å²) in [6, 6.07) is 0. The Balaban J connectivity index is 1.39. The first-order valence-electron chi connectivity index (χ1n) is 11.8.